The van der Waals surface area contributed by atoms with Gasteiger partial charge in [-0.05, 0) is 98.5 Å². The number of carbonyl (C=O) groups excluding carboxylic acids is 6. The predicted molar refractivity (Wildman–Crippen MR) is 271 cm³/mol. The molecule has 0 bridgehead atoms. The molecule has 4 aromatic heterocycles. The molecular weight excluding hydrogens is 929 g/mol. The number of carbonyl (C=O) groups is 6. The Morgan fingerprint density at radius 1 is 0.808 bits per heavy atom. The highest BCUT2D eigenvalue weighted by Gasteiger charge is 2.45. The number of imide groups is 2. The van der Waals surface area contributed by atoms with Crippen LogP contribution in [0.4, 0.5) is 28.7 Å². The van der Waals surface area contributed by atoms with Gasteiger partial charge < -0.3 is 30.1 Å². The zero-order valence-corrected chi connectivity index (χ0v) is 41.2. The van der Waals surface area contributed by atoms with Crippen LogP contribution in [0.3, 0.4) is 0 Å². The number of aromatic nitrogens is 4. The van der Waals surface area contributed by atoms with Crippen LogP contribution in [0.5, 0.6) is 0 Å². The number of piperazine rings is 1. The molecule has 1 aromatic carbocycles. The maximum atomic E-state index is 14.1. The van der Waals surface area contributed by atoms with Crippen LogP contribution < -0.4 is 30.7 Å². The molecule has 5 aromatic rings. The van der Waals surface area contributed by atoms with Crippen molar-refractivity contribution in [2.75, 3.05) is 65.8 Å². The van der Waals surface area contributed by atoms with Gasteiger partial charge >= 0.3 is 0 Å². The van der Waals surface area contributed by atoms with E-state index in [4.69, 9.17) is 9.97 Å². The summed E-state index contributed by atoms with van der Waals surface area (Å²) in [5.74, 6) is -1.44. The average molecular weight is 987 g/mol. The highest BCUT2D eigenvalue weighted by Crippen LogP contribution is 2.41. The first kappa shape index (κ1) is 46.6. The van der Waals surface area contributed by atoms with Gasteiger partial charge in [0, 0.05) is 106 Å². The van der Waals surface area contributed by atoms with Crippen LogP contribution in [0.1, 0.15) is 111 Å². The molecule has 1 aliphatic carbocycles. The zero-order valence-electron chi connectivity index (χ0n) is 41.2. The monoisotopic (exact) mass is 986 g/mol. The number of hydrogen-bond donors (Lipinski definition) is 4. The molecule has 376 valence electrons. The SMILES string of the molecule is C[C@H]1CN(C2CCN(c3ccc4c(c3)C(=O)N(C3CCC(=O)NC3=O)C4=O)CC2)CCN1c1ccc(Nc2cc(-c3ccnc(N4CCn5c(cc6c5CC(C)(C)C6)C4=O)c3CO)nc3c2C(=O)NCC3)nc1. The standard InChI is InChI=1S/C54H58N12O7/c1-30-28-62(32-12-16-61(17-13-32)33-4-6-36-37(23-33)52(72)66(51(36)71)42-7-9-46(68)60-49(42)69)18-19-63(30)34-5-8-45(57-27-34)59-41-24-40(58-39-11-15-56-50(70)47(39)41)35-10-14-55-48(38(35)29-67)65-21-20-64-43(53(65)73)22-31-25-54(2,3)26-44(31)64/h4-6,8,10,14,22-24,27,30,32,42,67H,7,9,11-13,15-21,25-26,28-29H2,1-3H3,(H,56,70)(H,57,58,59)(H,60,68,69)/t30-,42?/m0/s1. The Hall–Kier alpha value is -7.51. The number of piperidine rings is 2. The quantitative estimate of drug-likeness (QED) is 0.152. The van der Waals surface area contributed by atoms with E-state index in [1.807, 2.05) is 36.5 Å². The molecule has 19 nitrogen and oxygen atoms in total. The van der Waals surface area contributed by atoms with Crippen molar-refractivity contribution in [2.24, 2.45) is 5.41 Å². The second kappa shape index (κ2) is 17.9. The molecule has 7 aliphatic rings. The number of aliphatic hydroxyl groups is 1. The van der Waals surface area contributed by atoms with Crippen molar-refractivity contribution in [2.45, 2.75) is 97.0 Å². The van der Waals surface area contributed by atoms with Gasteiger partial charge in [-0.3, -0.25) is 53.8 Å². The van der Waals surface area contributed by atoms with E-state index in [1.54, 1.807) is 29.3 Å². The first-order valence-electron chi connectivity index (χ1n) is 25.5. The minimum atomic E-state index is -0.995. The second-order valence-corrected chi connectivity index (χ2v) is 21.3. The summed E-state index contributed by atoms with van der Waals surface area (Å²) in [5.41, 5.74) is 8.98. The molecule has 12 rings (SSSR count). The van der Waals surface area contributed by atoms with Crippen LogP contribution in [0.25, 0.3) is 11.3 Å². The summed E-state index contributed by atoms with van der Waals surface area (Å²) in [5, 5.41) is 19.6. The third-order valence-corrected chi connectivity index (χ3v) is 16.1. The number of hydrogen-bond acceptors (Lipinski definition) is 14. The second-order valence-electron chi connectivity index (χ2n) is 21.3. The lowest BCUT2D eigenvalue weighted by molar-refractivity contribution is -0.136. The summed E-state index contributed by atoms with van der Waals surface area (Å²) in [4.78, 5) is 103. The summed E-state index contributed by atoms with van der Waals surface area (Å²) < 4.78 is 2.16. The number of nitrogens with one attached hydrogen (secondary N) is 3. The lowest BCUT2D eigenvalue weighted by Gasteiger charge is -2.46. The lowest BCUT2D eigenvalue weighted by atomic mass is 9.90. The fraction of sp³-hybridized carbons (Fsp3) is 0.426. The summed E-state index contributed by atoms with van der Waals surface area (Å²) >= 11 is 0. The summed E-state index contributed by atoms with van der Waals surface area (Å²) in [6.07, 6.45) is 7.97. The van der Waals surface area contributed by atoms with Crippen molar-refractivity contribution >= 4 is 64.1 Å². The third-order valence-electron chi connectivity index (χ3n) is 16.1. The van der Waals surface area contributed by atoms with Gasteiger partial charge in [0.25, 0.3) is 23.6 Å². The molecule has 19 heteroatoms. The first-order chi connectivity index (χ1) is 35.2. The van der Waals surface area contributed by atoms with Crippen molar-refractivity contribution in [3.8, 4) is 11.3 Å². The highest BCUT2D eigenvalue weighted by molar-refractivity contribution is 6.23. The molecular formula is C54H58N12O7. The van der Waals surface area contributed by atoms with Crippen LogP contribution in [-0.2, 0) is 42.0 Å². The Kier molecular flexibility index (Phi) is 11.4. The van der Waals surface area contributed by atoms with Gasteiger partial charge in [-0.2, -0.15) is 0 Å². The van der Waals surface area contributed by atoms with Crippen LogP contribution in [-0.4, -0.2) is 134 Å². The van der Waals surface area contributed by atoms with Gasteiger partial charge in [-0.15, -0.1) is 0 Å². The number of amides is 6. The van der Waals surface area contributed by atoms with E-state index in [1.165, 1.54) is 11.3 Å². The van der Waals surface area contributed by atoms with Crippen LogP contribution in [0.2, 0.25) is 0 Å². The number of fused-ring (bicyclic) bond motifs is 5. The topological polar surface area (TPSA) is 219 Å². The van der Waals surface area contributed by atoms with Crippen molar-refractivity contribution in [1.29, 1.82) is 0 Å². The van der Waals surface area contributed by atoms with Crippen molar-refractivity contribution in [3.63, 3.8) is 0 Å². The number of benzene rings is 1. The highest BCUT2D eigenvalue weighted by atomic mass is 16.3. The van der Waals surface area contributed by atoms with Crippen molar-refractivity contribution < 1.29 is 33.9 Å². The van der Waals surface area contributed by atoms with Gasteiger partial charge in [-0.25, -0.2) is 9.97 Å². The van der Waals surface area contributed by atoms with Crippen LogP contribution >= 0.6 is 0 Å². The van der Waals surface area contributed by atoms with E-state index in [0.717, 1.165) is 74.7 Å². The zero-order chi connectivity index (χ0) is 50.4. The molecule has 10 heterocycles. The third kappa shape index (κ3) is 8.08. The van der Waals surface area contributed by atoms with Gasteiger partial charge in [0.2, 0.25) is 11.8 Å². The molecule has 3 saturated heterocycles. The van der Waals surface area contributed by atoms with E-state index < -0.39 is 29.7 Å². The minimum Gasteiger partial charge on any atom is -0.392 e. The number of anilines is 5. The van der Waals surface area contributed by atoms with Gasteiger partial charge in [0.15, 0.2) is 0 Å². The Labute approximate surface area is 421 Å². The van der Waals surface area contributed by atoms with Gasteiger partial charge in [0.05, 0.1) is 52.3 Å². The normalized spacial score (nSPS) is 22.0. The molecule has 73 heavy (non-hydrogen) atoms. The van der Waals surface area contributed by atoms with Crippen LogP contribution in [0.15, 0.2) is 60.9 Å². The maximum absolute atomic E-state index is 14.1. The van der Waals surface area contributed by atoms with E-state index in [2.05, 4.69) is 61.0 Å². The molecule has 4 N–H and O–H groups in total. The fourth-order valence-electron chi connectivity index (χ4n) is 12.5. The van der Waals surface area contributed by atoms with Crippen molar-refractivity contribution in [1.82, 2.24) is 40.0 Å². The Bertz CT molecular complexity index is 3160. The van der Waals surface area contributed by atoms with Gasteiger partial charge in [-0.1, -0.05) is 13.8 Å². The summed E-state index contributed by atoms with van der Waals surface area (Å²) in [6, 6.07) is 14.5. The molecule has 3 fully saturated rings. The molecule has 6 aliphatic heterocycles. The smallest absolute Gasteiger partial charge is 0.276 e. The minimum absolute atomic E-state index is 0.0768. The molecule has 6 amide bonds. The average Bonchev–Trinajstić information content (AvgIpc) is 3.97. The number of aliphatic hydroxyl groups excluding tert-OH is 1. The fourth-order valence-corrected chi connectivity index (χ4v) is 12.5. The maximum Gasteiger partial charge on any atom is 0.276 e. The van der Waals surface area contributed by atoms with Crippen LogP contribution in [0, 0.1) is 5.41 Å². The molecule has 0 spiro atoms. The number of pyridine rings is 3. The molecule has 0 saturated carbocycles. The molecule has 0 radical (unpaired) electrons. The summed E-state index contributed by atoms with van der Waals surface area (Å²) in [7, 11) is 0. The Morgan fingerprint density at radius 2 is 1.62 bits per heavy atom. The van der Waals surface area contributed by atoms with E-state index in [-0.39, 0.29) is 48.3 Å². The number of nitrogens with zero attached hydrogens (tertiary/aromatic N) is 9. The number of rotatable bonds is 9. The lowest BCUT2D eigenvalue weighted by Crippen LogP contribution is -2.57. The summed E-state index contributed by atoms with van der Waals surface area (Å²) in [6.45, 7) is 12.0. The Morgan fingerprint density at radius 3 is 2.38 bits per heavy atom. The van der Waals surface area contributed by atoms with E-state index in [9.17, 15) is 33.9 Å². The van der Waals surface area contributed by atoms with E-state index in [0.29, 0.717) is 88.8 Å². The molecule has 2 atom stereocenters. The molecule has 1 unspecified atom stereocenters. The van der Waals surface area contributed by atoms with Gasteiger partial charge in [0.1, 0.15) is 23.4 Å². The largest absolute Gasteiger partial charge is 0.392 e. The van der Waals surface area contributed by atoms with Crippen molar-refractivity contribution in [3.05, 3.63) is 106 Å². The predicted octanol–water partition coefficient (Wildman–Crippen LogP) is 4.23. The van der Waals surface area contributed by atoms with E-state index >= 15 is 0 Å². The first-order valence-corrected chi connectivity index (χ1v) is 25.5. The Balaban J connectivity index is 0.704.